The molecule has 1 N–H and O–H groups in total. The van der Waals surface area contributed by atoms with E-state index >= 15 is 0 Å². The number of rotatable bonds is 5. The van der Waals surface area contributed by atoms with Crippen LogP contribution in [0.5, 0.6) is 0 Å². The number of nitrogens with one attached hydrogen (secondary N) is 1. The molecule has 0 bridgehead atoms. The van der Waals surface area contributed by atoms with Crippen molar-refractivity contribution in [2.24, 2.45) is 5.41 Å². The molecule has 0 amide bonds. The van der Waals surface area contributed by atoms with Crippen LogP contribution in [0.3, 0.4) is 0 Å². The van der Waals surface area contributed by atoms with Crippen molar-refractivity contribution in [3.8, 4) is 0 Å². The molecule has 3 rings (SSSR count). The zero-order valence-corrected chi connectivity index (χ0v) is 13.6. The Morgan fingerprint density at radius 2 is 2.10 bits per heavy atom. The Hall–Kier alpha value is -0.910. The van der Waals surface area contributed by atoms with Crippen molar-refractivity contribution in [3.63, 3.8) is 0 Å². The fraction of sp³-hybridized carbons (Fsp3) is 0.625. The number of nitrogens with zero attached hydrogens (tertiary/aromatic N) is 1. The maximum atomic E-state index is 12.7. The lowest BCUT2D eigenvalue weighted by Gasteiger charge is -2.20. The molecule has 4 nitrogen and oxygen atoms in total. The third kappa shape index (κ3) is 3.47. The maximum Gasteiger partial charge on any atom is 0.243 e. The minimum atomic E-state index is -3.35. The van der Waals surface area contributed by atoms with Crippen LogP contribution in [-0.2, 0) is 16.6 Å². The predicted molar refractivity (Wildman–Crippen MR) is 83.5 cm³/mol. The Bertz CT molecular complexity index is 621. The van der Waals surface area contributed by atoms with Gasteiger partial charge in [-0.15, -0.1) is 0 Å². The van der Waals surface area contributed by atoms with E-state index in [1.807, 2.05) is 18.2 Å². The van der Waals surface area contributed by atoms with Crippen molar-refractivity contribution in [1.29, 1.82) is 0 Å². The summed E-state index contributed by atoms with van der Waals surface area (Å²) in [6.45, 7) is 6.23. The lowest BCUT2D eigenvalue weighted by Crippen LogP contribution is -2.30. The molecule has 1 aromatic rings. The maximum absolute atomic E-state index is 12.7. The predicted octanol–water partition coefficient (Wildman–Crippen LogP) is 2.36. The van der Waals surface area contributed by atoms with Gasteiger partial charge < -0.3 is 5.32 Å². The van der Waals surface area contributed by atoms with Gasteiger partial charge in [0.25, 0.3) is 0 Å². The van der Waals surface area contributed by atoms with Gasteiger partial charge in [-0.2, -0.15) is 4.31 Å². The van der Waals surface area contributed by atoms with E-state index in [9.17, 15) is 8.42 Å². The number of hydrogen-bond donors (Lipinski definition) is 1. The zero-order chi connectivity index (χ0) is 15.1. The quantitative estimate of drug-likeness (QED) is 0.908. The molecule has 1 saturated carbocycles. The first-order valence-corrected chi connectivity index (χ1v) is 9.13. The first-order chi connectivity index (χ1) is 9.87. The normalized spacial score (nSPS) is 22.6. The smallest absolute Gasteiger partial charge is 0.243 e. The highest BCUT2D eigenvalue weighted by Gasteiger charge is 2.36. The first-order valence-electron chi connectivity index (χ1n) is 7.69. The summed E-state index contributed by atoms with van der Waals surface area (Å²) in [5.41, 5.74) is 1.12. The van der Waals surface area contributed by atoms with Crippen molar-refractivity contribution < 1.29 is 8.42 Å². The average Bonchev–Trinajstić information content (AvgIpc) is 3.19. The fourth-order valence-electron chi connectivity index (χ4n) is 2.78. The van der Waals surface area contributed by atoms with Gasteiger partial charge in [-0.25, -0.2) is 8.42 Å². The van der Waals surface area contributed by atoms with Crippen LogP contribution >= 0.6 is 0 Å². The van der Waals surface area contributed by atoms with Crippen LogP contribution in [0.25, 0.3) is 0 Å². The lowest BCUT2D eigenvalue weighted by molar-refractivity contribution is 0.375. The van der Waals surface area contributed by atoms with Gasteiger partial charge in [0.05, 0.1) is 4.90 Å². The molecule has 1 heterocycles. The van der Waals surface area contributed by atoms with Crippen LogP contribution in [-0.4, -0.2) is 31.9 Å². The van der Waals surface area contributed by atoms with Crippen molar-refractivity contribution in [2.75, 3.05) is 13.1 Å². The zero-order valence-electron chi connectivity index (χ0n) is 12.8. The lowest BCUT2D eigenvalue weighted by atomic mass is 9.93. The van der Waals surface area contributed by atoms with Crippen molar-refractivity contribution >= 4 is 10.0 Å². The van der Waals surface area contributed by atoms with Gasteiger partial charge in [0.1, 0.15) is 0 Å². The summed E-state index contributed by atoms with van der Waals surface area (Å²) >= 11 is 0. The molecule has 1 aromatic carbocycles. The van der Waals surface area contributed by atoms with Crippen LogP contribution in [0.1, 0.15) is 38.7 Å². The summed E-state index contributed by atoms with van der Waals surface area (Å²) in [5, 5.41) is 3.43. The largest absolute Gasteiger partial charge is 0.310 e. The van der Waals surface area contributed by atoms with E-state index in [-0.39, 0.29) is 5.41 Å². The molecule has 0 aromatic heterocycles. The standard InChI is InChI=1S/C16H24N2O2S/c1-16(2)8-9-18(12-16)21(19,20)15-5-3-4-13(10-15)11-17-14-6-7-14/h3-5,10,14,17H,6-9,11-12H2,1-2H3. The highest BCUT2D eigenvalue weighted by Crippen LogP contribution is 2.32. The molecule has 1 aliphatic carbocycles. The first kappa shape index (κ1) is 15.0. The molecule has 5 heteroatoms. The summed E-state index contributed by atoms with van der Waals surface area (Å²) in [6, 6.07) is 7.99. The van der Waals surface area contributed by atoms with E-state index < -0.39 is 10.0 Å². The number of sulfonamides is 1. The van der Waals surface area contributed by atoms with Gasteiger partial charge in [0, 0.05) is 25.7 Å². The molecule has 0 radical (unpaired) electrons. The Morgan fingerprint density at radius 1 is 1.33 bits per heavy atom. The van der Waals surface area contributed by atoms with E-state index in [0.717, 1.165) is 18.5 Å². The van der Waals surface area contributed by atoms with Gasteiger partial charge in [-0.05, 0) is 42.4 Å². The van der Waals surface area contributed by atoms with E-state index in [0.29, 0.717) is 24.0 Å². The molecule has 0 spiro atoms. The van der Waals surface area contributed by atoms with E-state index in [4.69, 9.17) is 0 Å². The molecule has 2 fully saturated rings. The van der Waals surface area contributed by atoms with Gasteiger partial charge in [0.15, 0.2) is 0 Å². The summed E-state index contributed by atoms with van der Waals surface area (Å²) in [7, 11) is -3.35. The molecule has 0 unspecified atom stereocenters. The second-order valence-electron chi connectivity index (χ2n) is 7.06. The molecular formula is C16H24N2O2S. The van der Waals surface area contributed by atoms with Gasteiger partial charge >= 0.3 is 0 Å². The third-order valence-corrected chi connectivity index (χ3v) is 6.19. The fourth-order valence-corrected chi connectivity index (χ4v) is 4.48. The minimum Gasteiger partial charge on any atom is -0.310 e. The van der Waals surface area contributed by atoms with E-state index in [2.05, 4.69) is 19.2 Å². The van der Waals surface area contributed by atoms with Gasteiger partial charge in [-0.3, -0.25) is 0 Å². The van der Waals surface area contributed by atoms with Crippen LogP contribution in [0, 0.1) is 5.41 Å². The average molecular weight is 308 g/mol. The Kier molecular flexibility index (Phi) is 3.84. The Balaban J connectivity index is 1.76. The van der Waals surface area contributed by atoms with Crippen molar-refractivity contribution in [1.82, 2.24) is 9.62 Å². The van der Waals surface area contributed by atoms with Gasteiger partial charge in [0.2, 0.25) is 10.0 Å². The van der Waals surface area contributed by atoms with Crippen molar-refractivity contribution in [2.45, 2.75) is 50.6 Å². The van der Waals surface area contributed by atoms with Crippen LogP contribution in [0.15, 0.2) is 29.2 Å². The second-order valence-corrected chi connectivity index (χ2v) is 8.99. The molecule has 1 saturated heterocycles. The van der Waals surface area contributed by atoms with Crippen LogP contribution < -0.4 is 5.32 Å². The van der Waals surface area contributed by atoms with Gasteiger partial charge in [-0.1, -0.05) is 26.0 Å². The molecule has 2 aliphatic rings. The third-order valence-electron chi connectivity index (χ3n) is 4.35. The highest BCUT2D eigenvalue weighted by atomic mass is 32.2. The Labute approximate surface area is 127 Å². The molecule has 1 aliphatic heterocycles. The number of hydrogen-bond acceptors (Lipinski definition) is 3. The summed E-state index contributed by atoms with van der Waals surface area (Å²) in [4.78, 5) is 0.426. The number of benzene rings is 1. The molecular weight excluding hydrogens is 284 g/mol. The second kappa shape index (κ2) is 5.38. The SMILES string of the molecule is CC1(C)CCN(S(=O)(=O)c2cccc(CNC3CC3)c2)C1. The molecule has 21 heavy (non-hydrogen) atoms. The molecule has 0 atom stereocenters. The Morgan fingerprint density at radius 3 is 2.71 bits per heavy atom. The summed E-state index contributed by atoms with van der Waals surface area (Å²) < 4.78 is 27.1. The topological polar surface area (TPSA) is 49.4 Å². The van der Waals surface area contributed by atoms with E-state index in [1.54, 1.807) is 10.4 Å². The summed E-state index contributed by atoms with van der Waals surface area (Å²) in [5.74, 6) is 0. The monoisotopic (exact) mass is 308 g/mol. The van der Waals surface area contributed by atoms with Crippen molar-refractivity contribution in [3.05, 3.63) is 29.8 Å². The van der Waals surface area contributed by atoms with E-state index in [1.165, 1.54) is 12.8 Å². The highest BCUT2D eigenvalue weighted by molar-refractivity contribution is 7.89. The van der Waals surface area contributed by atoms with Crippen LogP contribution in [0.2, 0.25) is 0 Å². The summed E-state index contributed by atoms with van der Waals surface area (Å²) in [6.07, 6.45) is 3.40. The minimum absolute atomic E-state index is 0.0816. The van der Waals surface area contributed by atoms with Crippen LogP contribution in [0.4, 0.5) is 0 Å². The molecule has 116 valence electrons.